The fourth-order valence-electron chi connectivity index (χ4n) is 3.46. The highest BCUT2D eigenvalue weighted by atomic mass is 127. The van der Waals surface area contributed by atoms with Gasteiger partial charge in [0.2, 0.25) is 0 Å². The third-order valence-electron chi connectivity index (χ3n) is 5.24. The van der Waals surface area contributed by atoms with E-state index in [1.54, 1.807) is 18.4 Å². The fraction of sp³-hybridized carbons (Fsp3) is 0.545. The van der Waals surface area contributed by atoms with Gasteiger partial charge >= 0.3 is 0 Å². The maximum atomic E-state index is 5.56. The van der Waals surface area contributed by atoms with Gasteiger partial charge in [-0.2, -0.15) is 0 Å². The number of nitrogens with zero attached hydrogens (tertiary/aromatic N) is 3. The summed E-state index contributed by atoms with van der Waals surface area (Å²) in [6.45, 7) is 11.8. The van der Waals surface area contributed by atoms with Crippen molar-refractivity contribution < 1.29 is 9.47 Å². The molecule has 7 nitrogen and oxygen atoms in total. The van der Waals surface area contributed by atoms with E-state index in [9.17, 15) is 0 Å². The van der Waals surface area contributed by atoms with Crippen LogP contribution in [0.1, 0.15) is 34.1 Å². The number of nitrogens with one attached hydrogen (secondary N) is 2. The number of morpholine rings is 1. The topological polar surface area (TPSA) is 71.0 Å². The lowest BCUT2D eigenvalue weighted by atomic mass is 10.0. The first kappa shape index (κ1) is 25.8. The molecule has 1 unspecified atom stereocenters. The number of thiazole rings is 1. The monoisotopic (exact) mass is 559 g/mol. The molecule has 172 valence electrons. The summed E-state index contributed by atoms with van der Waals surface area (Å²) in [6, 6.07) is 8.57. The van der Waals surface area contributed by atoms with Crippen LogP contribution in [0.3, 0.4) is 0 Å². The summed E-state index contributed by atoms with van der Waals surface area (Å²) >= 11 is 1.71. The molecule has 0 aliphatic carbocycles. The van der Waals surface area contributed by atoms with Crippen molar-refractivity contribution in [1.29, 1.82) is 0 Å². The summed E-state index contributed by atoms with van der Waals surface area (Å²) in [7, 11) is 1.70. The Hall–Kier alpha value is -1.43. The summed E-state index contributed by atoms with van der Waals surface area (Å²) in [4.78, 5) is 13.1. The molecule has 2 heterocycles. The Bertz CT molecular complexity index is 802. The van der Waals surface area contributed by atoms with Crippen LogP contribution < -0.4 is 15.4 Å². The smallest absolute Gasteiger partial charge is 0.191 e. The van der Waals surface area contributed by atoms with E-state index in [4.69, 9.17) is 14.5 Å². The number of hydrogen-bond acceptors (Lipinski definition) is 6. The van der Waals surface area contributed by atoms with Crippen molar-refractivity contribution in [2.45, 2.75) is 33.4 Å². The zero-order valence-electron chi connectivity index (χ0n) is 18.8. The molecule has 0 spiro atoms. The van der Waals surface area contributed by atoms with Crippen molar-refractivity contribution in [2.24, 2.45) is 4.99 Å². The molecule has 3 rings (SSSR count). The van der Waals surface area contributed by atoms with Crippen molar-refractivity contribution in [3.8, 4) is 5.75 Å². The van der Waals surface area contributed by atoms with Crippen LogP contribution in [-0.4, -0.2) is 62.3 Å². The first-order chi connectivity index (χ1) is 14.6. The van der Waals surface area contributed by atoms with Crippen LogP contribution in [0.5, 0.6) is 5.75 Å². The molecular formula is C22H34IN5O2S. The number of hydrogen-bond donors (Lipinski definition) is 2. The van der Waals surface area contributed by atoms with Gasteiger partial charge in [-0.15, -0.1) is 35.3 Å². The Morgan fingerprint density at radius 2 is 1.94 bits per heavy atom. The Balaban J connectivity index is 0.00000341. The van der Waals surface area contributed by atoms with Crippen LogP contribution in [0.25, 0.3) is 0 Å². The average molecular weight is 560 g/mol. The third kappa shape index (κ3) is 7.58. The van der Waals surface area contributed by atoms with Crippen LogP contribution >= 0.6 is 35.3 Å². The highest BCUT2D eigenvalue weighted by molar-refractivity contribution is 14.0. The molecule has 2 aromatic rings. The third-order valence-corrected chi connectivity index (χ3v) is 6.30. The molecule has 0 bridgehead atoms. The van der Waals surface area contributed by atoms with Crippen molar-refractivity contribution in [3.05, 3.63) is 45.4 Å². The van der Waals surface area contributed by atoms with Crippen molar-refractivity contribution in [1.82, 2.24) is 20.5 Å². The SMILES string of the molecule is CCNC(=NCc1nc(C)c(C)s1)NCC(c1ccc(OC)cc1)N1CCOCC1.I. The highest BCUT2D eigenvalue weighted by Gasteiger charge is 2.23. The van der Waals surface area contributed by atoms with Crippen LogP contribution in [-0.2, 0) is 11.3 Å². The Morgan fingerprint density at radius 1 is 1.23 bits per heavy atom. The van der Waals surface area contributed by atoms with Crippen LogP contribution in [0, 0.1) is 13.8 Å². The average Bonchev–Trinajstić information content (AvgIpc) is 3.10. The van der Waals surface area contributed by atoms with Crippen molar-refractivity contribution in [2.75, 3.05) is 46.5 Å². The first-order valence-electron chi connectivity index (χ1n) is 10.5. The summed E-state index contributed by atoms with van der Waals surface area (Å²) in [5.74, 6) is 1.69. The Morgan fingerprint density at radius 3 is 2.52 bits per heavy atom. The van der Waals surface area contributed by atoms with E-state index in [-0.39, 0.29) is 30.0 Å². The number of halogens is 1. The predicted molar refractivity (Wildman–Crippen MR) is 138 cm³/mol. The van der Waals surface area contributed by atoms with Gasteiger partial charge in [-0.3, -0.25) is 4.90 Å². The normalized spacial score (nSPS) is 15.8. The number of rotatable bonds is 8. The molecule has 0 saturated carbocycles. The summed E-state index contributed by atoms with van der Waals surface area (Å²) in [6.07, 6.45) is 0. The lowest BCUT2D eigenvalue weighted by Crippen LogP contribution is -2.46. The Kier molecular flexibility index (Phi) is 11.0. The summed E-state index contributed by atoms with van der Waals surface area (Å²) in [5, 5.41) is 7.94. The molecule has 31 heavy (non-hydrogen) atoms. The minimum Gasteiger partial charge on any atom is -0.497 e. The molecule has 2 N–H and O–H groups in total. The molecule has 1 fully saturated rings. The molecule has 0 radical (unpaired) electrons. The van der Waals surface area contributed by atoms with Gasteiger partial charge in [-0.05, 0) is 38.5 Å². The molecule has 1 atom stereocenters. The predicted octanol–water partition coefficient (Wildman–Crippen LogP) is 3.52. The largest absolute Gasteiger partial charge is 0.497 e. The zero-order chi connectivity index (χ0) is 21.3. The lowest BCUT2D eigenvalue weighted by Gasteiger charge is -2.35. The number of aromatic nitrogens is 1. The zero-order valence-corrected chi connectivity index (χ0v) is 22.0. The number of ether oxygens (including phenoxy) is 2. The van der Waals surface area contributed by atoms with E-state index in [2.05, 4.69) is 46.5 Å². The number of aryl methyl sites for hydroxylation is 2. The maximum Gasteiger partial charge on any atom is 0.191 e. The summed E-state index contributed by atoms with van der Waals surface area (Å²) < 4.78 is 10.9. The number of aliphatic imine (C=N–C) groups is 1. The van der Waals surface area contributed by atoms with Crippen molar-refractivity contribution >= 4 is 41.3 Å². The minimum absolute atomic E-state index is 0. The van der Waals surface area contributed by atoms with Crippen LogP contribution in [0.15, 0.2) is 29.3 Å². The number of methoxy groups -OCH3 is 1. The van der Waals surface area contributed by atoms with Gasteiger partial charge in [0.05, 0.1) is 38.6 Å². The summed E-state index contributed by atoms with van der Waals surface area (Å²) in [5.41, 5.74) is 2.35. The van der Waals surface area contributed by atoms with Crippen LogP contribution in [0.2, 0.25) is 0 Å². The van der Waals surface area contributed by atoms with Crippen LogP contribution in [0.4, 0.5) is 0 Å². The lowest BCUT2D eigenvalue weighted by molar-refractivity contribution is 0.0170. The van der Waals surface area contributed by atoms with E-state index in [0.29, 0.717) is 6.54 Å². The number of benzene rings is 1. The van der Waals surface area contributed by atoms with E-state index in [0.717, 1.165) is 61.8 Å². The van der Waals surface area contributed by atoms with Gasteiger partial charge < -0.3 is 20.1 Å². The van der Waals surface area contributed by atoms with Gasteiger partial charge in [-0.25, -0.2) is 9.98 Å². The Labute approximate surface area is 206 Å². The van der Waals surface area contributed by atoms with E-state index in [1.165, 1.54) is 10.4 Å². The number of guanidine groups is 1. The van der Waals surface area contributed by atoms with E-state index < -0.39 is 0 Å². The van der Waals surface area contributed by atoms with Gasteiger partial charge in [0, 0.05) is 31.1 Å². The molecule has 1 aliphatic heterocycles. The minimum atomic E-state index is 0. The van der Waals surface area contributed by atoms with Gasteiger partial charge in [0.15, 0.2) is 5.96 Å². The fourth-order valence-corrected chi connectivity index (χ4v) is 4.32. The molecule has 1 aromatic heterocycles. The van der Waals surface area contributed by atoms with Gasteiger partial charge in [0.1, 0.15) is 10.8 Å². The van der Waals surface area contributed by atoms with E-state index >= 15 is 0 Å². The second kappa shape index (κ2) is 13.2. The molecule has 0 amide bonds. The second-order valence-electron chi connectivity index (χ2n) is 7.26. The molecular weight excluding hydrogens is 525 g/mol. The van der Waals surface area contributed by atoms with Gasteiger partial charge in [0.25, 0.3) is 0 Å². The molecule has 1 aliphatic rings. The molecule has 1 saturated heterocycles. The van der Waals surface area contributed by atoms with Gasteiger partial charge in [-0.1, -0.05) is 12.1 Å². The molecule has 1 aromatic carbocycles. The first-order valence-corrected chi connectivity index (χ1v) is 11.3. The standard InChI is InChI=1S/C22H33N5O2S.HI/c1-5-23-22(25-15-21-26-16(2)17(3)30-21)24-14-20(27-10-12-29-13-11-27)18-6-8-19(28-4)9-7-18;/h6-9,20H,5,10-15H2,1-4H3,(H2,23,24,25);1H. The highest BCUT2D eigenvalue weighted by Crippen LogP contribution is 2.24. The van der Waals surface area contributed by atoms with E-state index in [1.807, 2.05) is 19.1 Å². The molecule has 9 heteroatoms. The second-order valence-corrected chi connectivity index (χ2v) is 8.55. The maximum absolute atomic E-state index is 5.56. The van der Waals surface area contributed by atoms with Crippen molar-refractivity contribution in [3.63, 3.8) is 0 Å². The quantitative estimate of drug-likeness (QED) is 0.293.